The van der Waals surface area contributed by atoms with E-state index in [1.54, 1.807) is 4.90 Å². The van der Waals surface area contributed by atoms with Gasteiger partial charge in [0.2, 0.25) is 0 Å². The molecule has 0 atom stereocenters. The average molecular weight is 382 g/mol. The number of benzene rings is 1. The van der Waals surface area contributed by atoms with Gasteiger partial charge in [-0.2, -0.15) is 0 Å². The van der Waals surface area contributed by atoms with E-state index < -0.39 is 5.60 Å². The van der Waals surface area contributed by atoms with Crippen molar-refractivity contribution in [1.82, 2.24) is 4.90 Å². The molecule has 0 unspecified atom stereocenters. The minimum Gasteiger partial charge on any atom is -0.444 e. The molecular weight excluding hydrogens is 354 g/mol. The predicted molar refractivity (Wildman–Crippen MR) is 101 cm³/mol. The molecule has 2 rings (SSSR count). The van der Waals surface area contributed by atoms with E-state index in [-0.39, 0.29) is 6.09 Å². The van der Waals surface area contributed by atoms with E-state index in [0.29, 0.717) is 0 Å². The third kappa shape index (κ3) is 7.21. The van der Waals surface area contributed by atoms with Gasteiger partial charge in [0.15, 0.2) is 0 Å². The van der Waals surface area contributed by atoms with Crippen molar-refractivity contribution in [3.8, 4) is 0 Å². The molecule has 0 radical (unpaired) electrons. The predicted octanol–water partition coefficient (Wildman–Crippen LogP) is 5.89. The molecule has 1 fully saturated rings. The van der Waals surface area contributed by atoms with Gasteiger partial charge in [-0.15, -0.1) is 0 Å². The van der Waals surface area contributed by atoms with Crippen LogP contribution < -0.4 is 0 Å². The van der Waals surface area contributed by atoms with E-state index in [1.165, 1.54) is 11.1 Å². The Kier molecular flexibility index (Phi) is 7.83. The van der Waals surface area contributed by atoms with Crippen LogP contribution in [0, 0.1) is 0 Å². The highest BCUT2D eigenvalue weighted by atomic mass is 79.9. The Morgan fingerprint density at radius 3 is 2.35 bits per heavy atom. The summed E-state index contributed by atoms with van der Waals surface area (Å²) in [6, 6.07) is 8.25. The first-order valence-electron chi connectivity index (χ1n) is 8.26. The van der Waals surface area contributed by atoms with E-state index in [1.807, 2.05) is 46.8 Å². The molecule has 0 N–H and O–H groups in total. The van der Waals surface area contributed by atoms with Crippen LogP contribution in [0.2, 0.25) is 0 Å². The summed E-state index contributed by atoms with van der Waals surface area (Å²) >= 11 is 3.48. The maximum atomic E-state index is 12.0. The minimum absolute atomic E-state index is 0.205. The van der Waals surface area contributed by atoms with Gasteiger partial charge in [-0.05, 0) is 51.3 Å². The number of rotatable bonds is 1. The smallest absolute Gasteiger partial charge is 0.410 e. The Labute approximate surface area is 148 Å². The largest absolute Gasteiger partial charge is 0.444 e. The lowest BCUT2D eigenvalue weighted by molar-refractivity contribution is 0.0237. The number of carbonyl (C=O) groups excluding carboxylic acids is 1. The van der Waals surface area contributed by atoms with Crippen molar-refractivity contribution in [3.63, 3.8) is 0 Å². The zero-order valence-electron chi connectivity index (χ0n) is 14.9. The zero-order chi connectivity index (χ0) is 17.5. The van der Waals surface area contributed by atoms with Crippen LogP contribution in [0.4, 0.5) is 4.79 Å². The van der Waals surface area contributed by atoms with Crippen molar-refractivity contribution >= 4 is 28.1 Å². The second kappa shape index (κ2) is 9.11. The molecule has 1 heterocycles. The average Bonchev–Trinajstić information content (AvgIpc) is 2.48. The van der Waals surface area contributed by atoms with Crippen LogP contribution in [0.15, 0.2) is 34.3 Å². The van der Waals surface area contributed by atoms with Gasteiger partial charge in [-0.1, -0.05) is 53.6 Å². The summed E-state index contributed by atoms with van der Waals surface area (Å²) in [5, 5.41) is 0. The fraction of sp³-hybridized carbons (Fsp3) is 0.526. The Hall–Kier alpha value is -1.29. The third-order valence-corrected chi connectivity index (χ3v) is 3.77. The van der Waals surface area contributed by atoms with Crippen LogP contribution in [0.5, 0.6) is 0 Å². The molecule has 0 bridgehead atoms. The van der Waals surface area contributed by atoms with Crippen LogP contribution in [0.25, 0.3) is 6.08 Å². The number of ether oxygens (including phenoxy) is 1. The number of amides is 1. The molecule has 0 spiro atoms. The third-order valence-electron chi connectivity index (χ3n) is 3.28. The van der Waals surface area contributed by atoms with E-state index in [4.69, 9.17) is 4.74 Å². The summed E-state index contributed by atoms with van der Waals surface area (Å²) in [5.41, 5.74) is 2.15. The molecule has 4 heteroatoms. The van der Waals surface area contributed by atoms with Crippen molar-refractivity contribution < 1.29 is 9.53 Å². The van der Waals surface area contributed by atoms with E-state index in [0.717, 1.165) is 30.4 Å². The molecule has 1 aromatic rings. The number of halogens is 1. The van der Waals surface area contributed by atoms with Crippen LogP contribution in [0.3, 0.4) is 0 Å². The van der Waals surface area contributed by atoms with Gasteiger partial charge in [0.1, 0.15) is 5.60 Å². The summed E-state index contributed by atoms with van der Waals surface area (Å²) in [5.74, 6) is 0. The van der Waals surface area contributed by atoms with Crippen molar-refractivity contribution in [2.24, 2.45) is 0 Å². The highest BCUT2D eigenvalue weighted by Gasteiger charge is 2.24. The summed E-state index contributed by atoms with van der Waals surface area (Å²) in [6.45, 7) is 11.2. The highest BCUT2D eigenvalue weighted by Crippen LogP contribution is 2.22. The quantitative estimate of drug-likeness (QED) is 0.606. The van der Waals surface area contributed by atoms with E-state index >= 15 is 0 Å². The first-order chi connectivity index (χ1) is 10.8. The Morgan fingerprint density at radius 1 is 1.22 bits per heavy atom. The minimum atomic E-state index is -0.427. The SMILES string of the molecule is CC.CC(C)(C)OC(=O)N1CCC(=Cc2cccc(Br)c2)CC1. The van der Waals surface area contributed by atoms with Crippen LogP contribution >= 0.6 is 15.9 Å². The topological polar surface area (TPSA) is 29.5 Å². The standard InChI is InChI=1S/C17H22BrNO2.C2H6/c1-17(2,3)21-16(20)19-9-7-13(8-10-19)11-14-5-4-6-15(18)12-14;1-2/h4-6,11-12H,7-10H2,1-3H3;1-2H3. The number of likely N-dealkylation sites (tertiary alicyclic amines) is 1. The van der Waals surface area contributed by atoms with Gasteiger partial charge in [0.25, 0.3) is 0 Å². The van der Waals surface area contributed by atoms with Crippen LogP contribution in [-0.4, -0.2) is 29.7 Å². The summed E-state index contributed by atoms with van der Waals surface area (Å²) in [6.07, 6.45) is 3.83. The number of hydrogen-bond acceptors (Lipinski definition) is 2. The molecule has 0 aliphatic carbocycles. The molecular formula is C19H28BrNO2. The zero-order valence-corrected chi connectivity index (χ0v) is 16.4. The van der Waals surface area contributed by atoms with Gasteiger partial charge >= 0.3 is 6.09 Å². The lowest BCUT2D eigenvalue weighted by atomic mass is 10.0. The van der Waals surface area contributed by atoms with Gasteiger partial charge in [-0.3, -0.25) is 0 Å². The Balaban J connectivity index is 0.00000127. The first-order valence-corrected chi connectivity index (χ1v) is 9.06. The first kappa shape index (κ1) is 19.8. The molecule has 0 saturated carbocycles. The van der Waals surface area contributed by atoms with Gasteiger partial charge in [-0.25, -0.2) is 4.79 Å². The van der Waals surface area contributed by atoms with Crippen molar-refractivity contribution in [2.75, 3.05) is 13.1 Å². The molecule has 1 aliphatic rings. The second-order valence-electron chi connectivity index (χ2n) is 6.32. The number of carbonyl (C=O) groups is 1. The Bertz CT molecular complexity index is 537. The fourth-order valence-corrected chi connectivity index (χ4v) is 2.70. The van der Waals surface area contributed by atoms with Crippen molar-refractivity contribution in [1.29, 1.82) is 0 Å². The van der Waals surface area contributed by atoms with E-state index in [2.05, 4.69) is 34.1 Å². The van der Waals surface area contributed by atoms with Crippen molar-refractivity contribution in [3.05, 3.63) is 39.9 Å². The molecule has 1 amide bonds. The molecule has 1 aromatic carbocycles. The lowest BCUT2D eigenvalue weighted by Crippen LogP contribution is -2.40. The molecule has 1 aliphatic heterocycles. The second-order valence-corrected chi connectivity index (χ2v) is 7.24. The van der Waals surface area contributed by atoms with Gasteiger partial charge in [0.05, 0.1) is 0 Å². The van der Waals surface area contributed by atoms with Crippen molar-refractivity contribution in [2.45, 2.75) is 53.1 Å². The highest BCUT2D eigenvalue weighted by molar-refractivity contribution is 9.10. The molecule has 128 valence electrons. The van der Waals surface area contributed by atoms with Crippen LogP contribution in [-0.2, 0) is 4.74 Å². The Morgan fingerprint density at radius 2 is 1.83 bits per heavy atom. The fourth-order valence-electron chi connectivity index (χ4n) is 2.28. The normalized spacial score (nSPS) is 14.7. The number of piperidine rings is 1. The molecule has 0 aromatic heterocycles. The van der Waals surface area contributed by atoms with Gasteiger partial charge < -0.3 is 9.64 Å². The molecule has 23 heavy (non-hydrogen) atoms. The molecule has 1 saturated heterocycles. The number of hydrogen-bond donors (Lipinski definition) is 0. The summed E-state index contributed by atoms with van der Waals surface area (Å²) < 4.78 is 6.49. The monoisotopic (exact) mass is 381 g/mol. The number of nitrogens with zero attached hydrogens (tertiary/aromatic N) is 1. The lowest BCUT2D eigenvalue weighted by Gasteiger charge is -2.31. The summed E-state index contributed by atoms with van der Waals surface area (Å²) in [7, 11) is 0. The maximum Gasteiger partial charge on any atom is 0.410 e. The summed E-state index contributed by atoms with van der Waals surface area (Å²) in [4.78, 5) is 13.8. The van der Waals surface area contributed by atoms with Crippen LogP contribution in [0.1, 0.15) is 53.0 Å². The maximum absolute atomic E-state index is 12.0. The van der Waals surface area contributed by atoms with E-state index in [9.17, 15) is 4.79 Å². The molecule has 3 nitrogen and oxygen atoms in total. The van der Waals surface area contributed by atoms with Gasteiger partial charge in [0, 0.05) is 17.6 Å².